The van der Waals surface area contributed by atoms with Crippen LogP contribution in [0.2, 0.25) is 0 Å². The molecule has 0 unspecified atom stereocenters. The number of imide groups is 1. The first-order valence-electron chi connectivity index (χ1n) is 8.63. The lowest BCUT2D eigenvalue weighted by atomic mass is 10.2. The van der Waals surface area contributed by atoms with E-state index in [1.807, 2.05) is 31.2 Å². The lowest BCUT2D eigenvalue weighted by Crippen LogP contribution is -2.34. The van der Waals surface area contributed by atoms with Crippen LogP contribution in [0.3, 0.4) is 0 Å². The van der Waals surface area contributed by atoms with Gasteiger partial charge in [-0.05, 0) is 48.5 Å². The number of nitrogens with zero attached hydrogens (tertiary/aromatic N) is 2. The van der Waals surface area contributed by atoms with Gasteiger partial charge >= 0.3 is 5.97 Å². The summed E-state index contributed by atoms with van der Waals surface area (Å²) in [4.78, 5) is 49.0. The minimum atomic E-state index is -0.716. The summed E-state index contributed by atoms with van der Waals surface area (Å²) >= 11 is 1.93. The summed E-state index contributed by atoms with van der Waals surface area (Å²) in [6, 6.07) is 12.2. The Morgan fingerprint density at radius 3 is 2.57 bits per heavy atom. The van der Waals surface area contributed by atoms with E-state index in [2.05, 4.69) is 4.74 Å². The van der Waals surface area contributed by atoms with Crippen LogP contribution in [0.25, 0.3) is 6.08 Å². The number of hydrogen-bond acceptors (Lipinski definition) is 8. The minimum absolute atomic E-state index is 0.0807. The minimum Gasteiger partial charge on any atom is -0.468 e. The van der Waals surface area contributed by atoms with Crippen molar-refractivity contribution >= 4 is 52.4 Å². The van der Waals surface area contributed by atoms with Crippen LogP contribution >= 0.6 is 23.5 Å². The molecule has 0 N–H and O–H groups in total. The van der Waals surface area contributed by atoms with Crippen molar-refractivity contribution in [3.63, 3.8) is 0 Å². The summed E-state index contributed by atoms with van der Waals surface area (Å²) in [5.74, 6) is -1.36. The number of aryl methyl sites for hydroxylation is 1. The summed E-state index contributed by atoms with van der Waals surface area (Å²) < 4.78 is 4.48. The highest BCUT2D eigenvalue weighted by Gasteiger charge is 2.36. The average molecular weight is 444 g/mol. The predicted octanol–water partition coefficient (Wildman–Crippen LogP) is 4.26. The Morgan fingerprint density at radius 2 is 1.93 bits per heavy atom. The van der Waals surface area contributed by atoms with Crippen LogP contribution in [0.15, 0.2) is 57.2 Å². The van der Waals surface area contributed by atoms with E-state index in [1.165, 1.54) is 23.9 Å². The second-order valence-corrected chi connectivity index (χ2v) is 8.35. The van der Waals surface area contributed by atoms with Gasteiger partial charge in [-0.25, -0.2) is 0 Å². The monoisotopic (exact) mass is 444 g/mol. The molecule has 10 heteroatoms. The lowest BCUT2D eigenvalue weighted by molar-refractivity contribution is -0.387. The largest absolute Gasteiger partial charge is 0.468 e. The number of hydrogen-bond donors (Lipinski definition) is 0. The predicted molar refractivity (Wildman–Crippen MR) is 113 cm³/mol. The summed E-state index contributed by atoms with van der Waals surface area (Å²) in [6.07, 6.45) is 1.40. The zero-order chi connectivity index (χ0) is 21.8. The molecule has 1 saturated heterocycles. The first-order valence-corrected chi connectivity index (χ1v) is 10.3. The van der Waals surface area contributed by atoms with Gasteiger partial charge in [-0.3, -0.25) is 29.4 Å². The Bertz CT molecular complexity index is 1070. The third-order valence-corrected chi connectivity index (χ3v) is 6.10. The number of amides is 2. The van der Waals surface area contributed by atoms with Gasteiger partial charge in [0.15, 0.2) is 0 Å². The molecular weight excluding hydrogens is 428 g/mol. The highest BCUT2D eigenvalue weighted by Crippen LogP contribution is 2.37. The van der Waals surface area contributed by atoms with Crippen LogP contribution in [0.4, 0.5) is 10.5 Å². The molecule has 8 nitrogen and oxygen atoms in total. The van der Waals surface area contributed by atoms with Gasteiger partial charge in [0, 0.05) is 11.0 Å². The SMILES string of the molecule is COC(=O)CN1C(=O)SC(=Cc2ccc(Sc3ccc(C)cc3)c([N+](=O)[O-])c2)C1=O. The first-order chi connectivity index (χ1) is 14.3. The van der Waals surface area contributed by atoms with E-state index in [-0.39, 0.29) is 10.6 Å². The summed E-state index contributed by atoms with van der Waals surface area (Å²) in [5.41, 5.74) is 1.38. The molecule has 1 fully saturated rings. The smallest absolute Gasteiger partial charge is 0.325 e. The quantitative estimate of drug-likeness (QED) is 0.281. The van der Waals surface area contributed by atoms with Gasteiger partial charge in [-0.1, -0.05) is 35.5 Å². The molecular formula is C20H16N2O6S2. The normalized spacial score (nSPS) is 15.0. The third-order valence-electron chi connectivity index (χ3n) is 4.11. The van der Waals surface area contributed by atoms with E-state index >= 15 is 0 Å². The van der Waals surface area contributed by atoms with Gasteiger partial charge in [-0.15, -0.1) is 0 Å². The Hall–Kier alpha value is -3.11. The molecule has 0 spiro atoms. The number of nitro groups is 1. The van der Waals surface area contributed by atoms with Crippen molar-refractivity contribution < 1.29 is 24.0 Å². The fraction of sp³-hybridized carbons (Fsp3) is 0.150. The number of ether oxygens (including phenoxy) is 1. The van der Waals surface area contributed by atoms with Crippen LogP contribution in [0, 0.1) is 17.0 Å². The van der Waals surface area contributed by atoms with E-state index < -0.39 is 28.6 Å². The molecule has 0 bridgehead atoms. The van der Waals surface area contributed by atoms with Gasteiger partial charge in [0.25, 0.3) is 16.8 Å². The van der Waals surface area contributed by atoms with Crippen molar-refractivity contribution in [3.8, 4) is 0 Å². The molecule has 0 atom stereocenters. The molecule has 3 rings (SSSR count). The van der Waals surface area contributed by atoms with Gasteiger partial charge < -0.3 is 4.74 Å². The molecule has 154 valence electrons. The Balaban J connectivity index is 1.86. The summed E-state index contributed by atoms with van der Waals surface area (Å²) in [7, 11) is 1.16. The molecule has 0 saturated carbocycles. The standard InChI is InChI=1S/C20H16N2O6S2/c1-12-3-6-14(7-4-12)29-16-8-5-13(9-15(16)22(26)27)10-17-19(24)21(20(25)30-17)11-18(23)28-2/h3-10H,11H2,1-2H3. The van der Waals surface area contributed by atoms with Crippen LogP contribution in [0.1, 0.15) is 11.1 Å². The summed E-state index contributed by atoms with van der Waals surface area (Å²) in [6.45, 7) is 1.48. The fourth-order valence-electron chi connectivity index (χ4n) is 2.57. The molecule has 1 aliphatic rings. The molecule has 2 amide bonds. The maximum atomic E-state index is 12.4. The van der Waals surface area contributed by atoms with E-state index in [9.17, 15) is 24.5 Å². The van der Waals surface area contributed by atoms with Gasteiger partial charge in [0.1, 0.15) is 6.54 Å². The van der Waals surface area contributed by atoms with Crippen molar-refractivity contribution in [2.45, 2.75) is 16.7 Å². The number of carbonyl (C=O) groups is 3. The highest BCUT2D eigenvalue weighted by molar-refractivity contribution is 8.18. The summed E-state index contributed by atoms with van der Waals surface area (Å²) in [5, 5.41) is 11.0. The third kappa shape index (κ3) is 4.89. The molecule has 0 radical (unpaired) electrons. The first kappa shape index (κ1) is 21.6. The maximum absolute atomic E-state index is 12.4. The molecule has 2 aromatic rings. The Kier molecular flexibility index (Phi) is 6.58. The van der Waals surface area contributed by atoms with Crippen LogP contribution in [0.5, 0.6) is 0 Å². The highest BCUT2D eigenvalue weighted by atomic mass is 32.2. The number of carbonyl (C=O) groups excluding carboxylic acids is 3. The number of nitro benzene ring substituents is 1. The Morgan fingerprint density at radius 1 is 1.23 bits per heavy atom. The van der Waals surface area contributed by atoms with Gasteiger partial charge in [0.05, 0.1) is 21.8 Å². The molecule has 1 aliphatic heterocycles. The number of esters is 1. The molecule has 0 aromatic heterocycles. The Labute approximate surface area is 180 Å². The number of thioether (sulfide) groups is 1. The molecule has 30 heavy (non-hydrogen) atoms. The molecule has 2 aromatic carbocycles. The lowest BCUT2D eigenvalue weighted by Gasteiger charge is -2.09. The van der Waals surface area contributed by atoms with Crippen molar-refractivity contribution in [2.75, 3.05) is 13.7 Å². The van der Waals surface area contributed by atoms with Gasteiger partial charge in [0.2, 0.25) is 0 Å². The van der Waals surface area contributed by atoms with Gasteiger partial charge in [-0.2, -0.15) is 0 Å². The van der Waals surface area contributed by atoms with Crippen molar-refractivity contribution in [2.24, 2.45) is 0 Å². The van der Waals surface area contributed by atoms with Crippen molar-refractivity contribution in [1.82, 2.24) is 4.90 Å². The van der Waals surface area contributed by atoms with E-state index in [0.29, 0.717) is 22.2 Å². The molecule has 0 aliphatic carbocycles. The average Bonchev–Trinajstić information content (AvgIpc) is 2.97. The van der Waals surface area contributed by atoms with Crippen LogP contribution in [-0.4, -0.2) is 40.6 Å². The molecule has 1 heterocycles. The fourth-order valence-corrected chi connectivity index (χ4v) is 4.31. The number of rotatable bonds is 6. The number of benzene rings is 2. The zero-order valence-electron chi connectivity index (χ0n) is 16.0. The van der Waals surface area contributed by atoms with Crippen LogP contribution < -0.4 is 0 Å². The van der Waals surface area contributed by atoms with E-state index in [0.717, 1.165) is 22.5 Å². The number of methoxy groups -OCH3 is 1. The second kappa shape index (κ2) is 9.14. The second-order valence-electron chi connectivity index (χ2n) is 6.24. The van der Waals surface area contributed by atoms with Crippen molar-refractivity contribution in [3.05, 3.63) is 68.6 Å². The van der Waals surface area contributed by atoms with E-state index in [4.69, 9.17) is 0 Å². The van der Waals surface area contributed by atoms with Crippen LogP contribution in [-0.2, 0) is 14.3 Å². The van der Waals surface area contributed by atoms with E-state index in [1.54, 1.807) is 12.1 Å². The topological polar surface area (TPSA) is 107 Å². The zero-order valence-corrected chi connectivity index (χ0v) is 17.6. The van der Waals surface area contributed by atoms with Crippen molar-refractivity contribution in [1.29, 1.82) is 0 Å². The maximum Gasteiger partial charge on any atom is 0.325 e.